The number of methoxy groups -OCH3 is 2. The van der Waals surface area contributed by atoms with Crippen LogP contribution >= 0.6 is 0 Å². The Bertz CT molecular complexity index is 379. The van der Waals surface area contributed by atoms with Gasteiger partial charge in [-0.25, -0.2) is 0 Å². The van der Waals surface area contributed by atoms with Crippen LogP contribution in [0.1, 0.15) is 5.56 Å². The molecule has 2 rings (SSSR count). The monoisotopic (exact) mass is 223 g/mol. The number of benzene rings is 1. The lowest BCUT2D eigenvalue weighted by Gasteiger charge is -2.26. The van der Waals surface area contributed by atoms with E-state index in [-0.39, 0.29) is 12.5 Å². The fraction of sp³-hybridized carbons (Fsp3) is 0.500. The van der Waals surface area contributed by atoms with Gasteiger partial charge in [0, 0.05) is 25.1 Å². The highest BCUT2D eigenvalue weighted by Gasteiger charge is 2.21. The van der Waals surface area contributed by atoms with Gasteiger partial charge in [-0.1, -0.05) is 0 Å². The van der Waals surface area contributed by atoms with E-state index in [1.54, 1.807) is 14.2 Å². The second-order valence-electron chi connectivity index (χ2n) is 4.00. The molecule has 4 heteroatoms. The standard InChI is InChI=1S/C12H17NO3/c1-15-10-4-9-3-8(7-14)6-13-12(9)11(5-10)16-2/h4-5,8,13-14H,3,6-7H2,1-2H3. The Morgan fingerprint density at radius 3 is 2.81 bits per heavy atom. The predicted octanol–water partition coefficient (Wildman–Crippen LogP) is 1.28. The van der Waals surface area contributed by atoms with Crippen molar-refractivity contribution in [2.24, 2.45) is 5.92 Å². The number of ether oxygens (including phenoxy) is 2. The van der Waals surface area contributed by atoms with Gasteiger partial charge in [0.05, 0.1) is 19.9 Å². The Hall–Kier alpha value is -1.42. The first-order valence-corrected chi connectivity index (χ1v) is 5.38. The Kier molecular flexibility index (Phi) is 3.19. The molecule has 1 aliphatic heterocycles. The summed E-state index contributed by atoms with van der Waals surface area (Å²) < 4.78 is 10.5. The van der Waals surface area contributed by atoms with Crippen LogP contribution in [0.5, 0.6) is 11.5 Å². The maximum absolute atomic E-state index is 9.17. The molecule has 0 aromatic heterocycles. The number of aliphatic hydroxyl groups is 1. The average molecular weight is 223 g/mol. The minimum absolute atomic E-state index is 0.200. The molecule has 0 saturated heterocycles. The average Bonchev–Trinajstić information content (AvgIpc) is 2.36. The highest BCUT2D eigenvalue weighted by molar-refractivity contribution is 5.66. The van der Waals surface area contributed by atoms with Gasteiger partial charge in [0.25, 0.3) is 0 Å². The van der Waals surface area contributed by atoms with Crippen LogP contribution in [0.4, 0.5) is 5.69 Å². The summed E-state index contributed by atoms with van der Waals surface area (Å²) in [6.07, 6.45) is 0.854. The van der Waals surface area contributed by atoms with Gasteiger partial charge in [-0.3, -0.25) is 0 Å². The molecular formula is C12H17NO3. The molecule has 0 saturated carbocycles. The first-order chi connectivity index (χ1) is 7.78. The van der Waals surface area contributed by atoms with Gasteiger partial charge in [0.2, 0.25) is 0 Å². The normalized spacial score (nSPS) is 18.6. The summed E-state index contributed by atoms with van der Waals surface area (Å²) in [6, 6.07) is 3.86. The molecule has 1 aromatic rings. The van der Waals surface area contributed by atoms with Crippen molar-refractivity contribution in [1.29, 1.82) is 0 Å². The quantitative estimate of drug-likeness (QED) is 0.810. The van der Waals surface area contributed by atoms with Gasteiger partial charge in [0.1, 0.15) is 11.5 Å². The molecule has 88 valence electrons. The molecule has 0 spiro atoms. The van der Waals surface area contributed by atoms with Gasteiger partial charge in [-0.2, -0.15) is 0 Å². The van der Waals surface area contributed by atoms with Crippen LogP contribution in [0.2, 0.25) is 0 Å². The Balaban J connectivity index is 2.38. The van der Waals surface area contributed by atoms with Crippen molar-refractivity contribution >= 4 is 5.69 Å². The van der Waals surface area contributed by atoms with E-state index in [9.17, 15) is 0 Å². The molecule has 1 heterocycles. The van der Waals surface area contributed by atoms with Crippen LogP contribution < -0.4 is 14.8 Å². The second kappa shape index (κ2) is 4.61. The van der Waals surface area contributed by atoms with Crippen molar-refractivity contribution in [3.05, 3.63) is 17.7 Å². The second-order valence-corrected chi connectivity index (χ2v) is 4.00. The zero-order valence-corrected chi connectivity index (χ0v) is 9.62. The molecule has 0 radical (unpaired) electrons. The third-order valence-electron chi connectivity index (χ3n) is 2.95. The maximum Gasteiger partial charge on any atom is 0.145 e. The number of fused-ring (bicyclic) bond motifs is 1. The molecule has 1 atom stereocenters. The Morgan fingerprint density at radius 2 is 2.19 bits per heavy atom. The lowest BCUT2D eigenvalue weighted by Crippen LogP contribution is -2.26. The SMILES string of the molecule is COc1cc2c(c(OC)c1)NCC(CO)C2. The van der Waals surface area contributed by atoms with Gasteiger partial charge in [0.15, 0.2) is 0 Å². The van der Waals surface area contributed by atoms with Gasteiger partial charge in [-0.05, 0) is 18.1 Å². The number of nitrogens with one attached hydrogen (secondary N) is 1. The van der Waals surface area contributed by atoms with Crippen molar-refractivity contribution in [1.82, 2.24) is 0 Å². The highest BCUT2D eigenvalue weighted by atomic mass is 16.5. The van der Waals surface area contributed by atoms with Crippen molar-refractivity contribution in [3.8, 4) is 11.5 Å². The lowest BCUT2D eigenvalue weighted by atomic mass is 9.94. The van der Waals surface area contributed by atoms with E-state index in [0.717, 1.165) is 35.7 Å². The first kappa shape index (κ1) is 11.1. The summed E-state index contributed by atoms with van der Waals surface area (Å²) in [6.45, 7) is 0.984. The number of hydrogen-bond acceptors (Lipinski definition) is 4. The van der Waals surface area contributed by atoms with E-state index < -0.39 is 0 Å². The Labute approximate surface area is 95.2 Å². The predicted molar refractivity (Wildman–Crippen MR) is 62.3 cm³/mol. The molecule has 0 fully saturated rings. The van der Waals surface area contributed by atoms with Crippen LogP contribution in [0.15, 0.2) is 12.1 Å². The number of aliphatic hydroxyl groups excluding tert-OH is 1. The molecule has 1 unspecified atom stereocenters. The molecule has 4 nitrogen and oxygen atoms in total. The van der Waals surface area contributed by atoms with Crippen LogP contribution in [0, 0.1) is 5.92 Å². The molecular weight excluding hydrogens is 206 g/mol. The fourth-order valence-corrected chi connectivity index (χ4v) is 2.04. The number of anilines is 1. The number of hydrogen-bond donors (Lipinski definition) is 2. The molecule has 1 aromatic carbocycles. The van der Waals surface area contributed by atoms with Gasteiger partial charge in [-0.15, -0.1) is 0 Å². The molecule has 0 bridgehead atoms. The summed E-state index contributed by atoms with van der Waals surface area (Å²) in [5.41, 5.74) is 2.16. The third kappa shape index (κ3) is 1.93. The van der Waals surface area contributed by atoms with Crippen molar-refractivity contribution < 1.29 is 14.6 Å². The summed E-state index contributed by atoms with van der Waals surface area (Å²) in [7, 11) is 3.29. The summed E-state index contributed by atoms with van der Waals surface area (Å²) in [4.78, 5) is 0. The Morgan fingerprint density at radius 1 is 1.38 bits per heavy atom. The van der Waals surface area contributed by atoms with Crippen LogP contribution in [-0.4, -0.2) is 32.5 Å². The molecule has 0 aliphatic carbocycles. The van der Waals surface area contributed by atoms with Crippen LogP contribution in [0.3, 0.4) is 0 Å². The molecule has 0 amide bonds. The van der Waals surface area contributed by atoms with E-state index in [2.05, 4.69) is 5.32 Å². The molecule has 1 aliphatic rings. The van der Waals surface area contributed by atoms with E-state index in [1.807, 2.05) is 12.1 Å². The van der Waals surface area contributed by atoms with Gasteiger partial charge < -0.3 is 19.9 Å². The lowest BCUT2D eigenvalue weighted by molar-refractivity contribution is 0.230. The number of rotatable bonds is 3. The fourth-order valence-electron chi connectivity index (χ4n) is 2.04. The third-order valence-corrected chi connectivity index (χ3v) is 2.95. The maximum atomic E-state index is 9.17. The van der Waals surface area contributed by atoms with Crippen molar-refractivity contribution in [2.45, 2.75) is 6.42 Å². The minimum Gasteiger partial charge on any atom is -0.497 e. The van der Waals surface area contributed by atoms with E-state index in [0.29, 0.717) is 0 Å². The summed E-state index contributed by atoms with van der Waals surface area (Å²) in [5, 5.41) is 12.5. The molecule has 16 heavy (non-hydrogen) atoms. The van der Waals surface area contributed by atoms with E-state index in [4.69, 9.17) is 14.6 Å². The van der Waals surface area contributed by atoms with E-state index >= 15 is 0 Å². The highest BCUT2D eigenvalue weighted by Crippen LogP contribution is 2.37. The van der Waals surface area contributed by atoms with Crippen LogP contribution in [-0.2, 0) is 6.42 Å². The topological polar surface area (TPSA) is 50.7 Å². The molecule has 2 N–H and O–H groups in total. The largest absolute Gasteiger partial charge is 0.497 e. The first-order valence-electron chi connectivity index (χ1n) is 5.38. The summed E-state index contributed by atoms with van der Waals surface area (Å²) in [5.74, 6) is 1.85. The summed E-state index contributed by atoms with van der Waals surface area (Å²) >= 11 is 0. The minimum atomic E-state index is 0.200. The van der Waals surface area contributed by atoms with Crippen molar-refractivity contribution in [3.63, 3.8) is 0 Å². The van der Waals surface area contributed by atoms with Crippen LogP contribution in [0.25, 0.3) is 0 Å². The smallest absolute Gasteiger partial charge is 0.145 e. The van der Waals surface area contributed by atoms with E-state index in [1.165, 1.54) is 0 Å². The zero-order valence-electron chi connectivity index (χ0n) is 9.62. The van der Waals surface area contributed by atoms with Crippen molar-refractivity contribution in [2.75, 3.05) is 32.7 Å². The zero-order chi connectivity index (χ0) is 11.5. The van der Waals surface area contributed by atoms with Gasteiger partial charge >= 0.3 is 0 Å².